The third kappa shape index (κ3) is 3.18. The summed E-state index contributed by atoms with van der Waals surface area (Å²) in [5.74, 6) is 1.29. The van der Waals surface area contributed by atoms with Crippen LogP contribution in [0.1, 0.15) is 30.0 Å². The van der Waals surface area contributed by atoms with Gasteiger partial charge in [-0.2, -0.15) is 10.4 Å². The van der Waals surface area contributed by atoms with Crippen LogP contribution in [0.4, 0.5) is 11.6 Å². The summed E-state index contributed by atoms with van der Waals surface area (Å²) in [6, 6.07) is 8.89. The maximum Gasteiger partial charge on any atom is 0.227 e. The Balaban J connectivity index is 1.43. The van der Waals surface area contributed by atoms with Crippen molar-refractivity contribution in [3.05, 3.63) is 47.9 Å². The molecule has 1 unspecified atom stereocenters. The van der Waals surface area contributed by atoms with Gasteiger partial charge in [-0.25, -0.2) is 9.97 Å². The van der Waals surface area contributed by atoms with Crippen molar-refractivity contribution >= 4 is 11.6 Å². The Morgan fingerprint density at radius 2 is 2.18 bits per heavy atom. The molecule has 1 aliphatic carbocycles. The molecule has 1 aliphatic heterocycles. The summed E-state index contributed by atoms with van der Waals surface area (Å²) in [4.78, 5) is 9.15. The van der Waals surface area contributed by atoms with Gasteiger partial charge < -0.3 is 10.1 Å². The summed E-state index contributed by atoms with van der Waals surface area (Å²) in [6.07, 6.45) is 8.72. The van der Waals surface area contributed by atoms with E-state index in [1.165, 1.54) is 12.8 Å². The van der Waals surface area contributed by atoms with Crippen LogP contribution in [0, 0.1) is 24.2 Å². The van der Waals surface area contributed by atoms with Crippen molar-refractivity contribution in [2.45, 2.75) is 32.2 Å². The fraction of sp³-hybridized carbons (Fsp3) is 0.333. The molecular formula is C21H20N6O. The van der Waals surface area contributed by atoms with Gasteiger partial charge in [0.2, 0.25) is 5.95 Å². The highest BCUT2D eigenvalue weighted by Gasteiger charge is 2.24. The maximum absolute atomic E-state index is 9.20. The number of nitrogens with one attached hydrogen (secondary N) is 1. The van der Waals surface area contributed by atoms with Crippen molar-refractivity contribution < 1.29 is 4.74 Å². The normalized spacial score (nSPS) is 18.1. The van der Waals surface area contributed by atoms with Gasteiger partial charge in [-0.05, 0) is 55.5 Å². The Kier molecular flexibility index (Phi) is 3.97. The Morgan fingerprint density at radius 1 is 1.29 bits per heavy atom. The summed E-state index contributed by atoms with van der Waals surface area (Å²) in [6.45, 7) is 2.45. The molecule has 1 aromatic carbocycles. The molecule has 1 atom stereocenters. The number of anilines is 2. The minimum absolute atomic E-state index is 0.102. The van der Waals surface area contributed by atoms with Crippen molar-refractivity contribution in [2.75, 3.05) is 11.9 Å². The van der Waals surface area contributed by atoms with Crippen LogP contribution in [0.25, 0.3) is 11.3 Å². The number of rotatable bonds is 4. The van der Waals surface area contributed by atoms with Gasteiger partial charge in [0.25, 0.3) is 0 Å². The lowest BCUT2D eigenvalue weighted by molar-refractivity contribution is 0.253. The zero-order chi connectivity index (χ0) is 19.1. The van der Waals surface area contributed by atoms with Crippen LogP contribution in [-0.2, 0) is 6.42 Å². The first kappa shape index (κ1) is 16.8. The average molecular weight is 372 g/mol. The van der Waals surface area contributed by atoms with Gasteiger partial charge in [0.1, 0.15) is 12.4 Å². The molecule has 7 nitrogen and oxygen atoms in total. The first-order valence-corrected chi connectivity index (χ1v) is 9.50. The summed E-state index contributed by atoms with van der Waals surface area (Å²) in [7, 11) is 0. The fourth-order valence-electron chi connectivity index (χ4n) is 3.49. The number of benzene rings is 1. The number of aryl methyl sites for hydroxylation is 1. The number of nitriles is 1. The number of aromatic nitrogens is 4. The second kappa shape index (κ2) is 6.64. The average Bonchev–Trinajstić information content (AvgIpc) is 3.47. The molecule has 3 aromatic rings. The third-order valence-corrected chi connectivity index (χ3v) is 5.17. The van der Waals surface area contributed by atoms with Gasteiger partial charge in [-0.15, -0.1) is 0 Å². The number of hydrogen-bond donors (Lipinski definition) is 1. The van der Waals surface area contributed by atoms with Gasteiger partial charge in [0, 0.05) is 18.0 Å². The standard InChI is InChI=1S/C21H20N6O/c1-13-9-23-21(25-17-10-24-27(11-17)18-3-4-18)26-20(13)15-2-5-19-16(7-15)6-14(8-22)12-28-19/h2,5,7,9-11,14,18H,3-4,6,12H2,1H3,(H,23,25,26). The molecule has 1 N–H and O–H groups in total. The first-order chi connectivity index (χ1) is 13.7. The van der Waals surface area contributed by atoms with Crippen molar-refractivity contribution in [1.82, 2.24) is 19.7 Å². The number of fused-ring (bicyclic) bond motifs is 1. The van der Waals surface area contributed by atoms with Crippen LogP contribution >= 0.6 is 0 Å². The van der Waals surface area contributed by atoms with Crippen molar-refractivity contribution in [3.63, 3.8) is 0 Å². The number of ether oxygens (including phenoxy) is 1. The molecule has 7 heteroatoms. The third-order valence-electron chi connectivity index (χ3n) is 5.17. The summed E-state index contributed by atoms with van der Waals surface area (Å²) >= 11 is 0. The molecule has 0 spiro atoms. The molecule has 0 saturated heterocycles. The Bertz CT molecular complexity index is 1080. The molecule has 0 radical (unpaired) electrons. The van der Waals surface area contributed by atoms with Crippen molar-refractivity contribution in [1.29, 1.82) is 5.26 Å². The van der Waals surface area contributed by atoms with E-state index in [0.717, 1.165) is 33.8 Å². The van der Waals surface area contributed by atoms with E-state index in [0.29, 0.717) is 25.0 Å². The van der Waals surface area contributed by atoms with Crippen LogP contribution in [-0.4, -0.2) is 26.4 Å². The van der Waals surface area contributed by atoms with Crippen LogP contribution in [0.2, 0.25) is 0 Å². The van der Waals surface area contributed by atoms with E-state index in [1.807, 2.05) is 36.1 Å². The second-order valence-corrected chi connectivity index (χ2v) is 7.45. The van der Waals surface area contributed by atoms with Gasteiger partial charge in [-0.1, -0.05) is 0 Å². The zero-order valence-corrected chi connectivity index (χ0v) is 15.6. The largest absolute Gasteiger partial charge is 0.492 e. The van der Waals surface area contributed by atoms with Gasteiger partial charge >= 0.3 is 0 Å². The molecule has 1 saturated carbocycles. The second-order valence-electron chi connectivity index (χ2n) is 7.45. The van der Waals surface area contributed by atoms with E-state index in [-0.39, 0.29) is 5.92 Å². The van der Waals surface area contributed by atoms with Crippen LogP contribution in [0.15, 0.2) is 36.8 Å². The first-order valence-electron chi connectivity index (χ1n) is 9.50. The molecule has 3 heterocycles. The van der Waals surface area contributed by atoms with E-state index in [1.54, 1.807) is 6.20 Å². The minimum atomic E-state index is -0.102. The smallest absolute Gasteiger partial charge is 0.227 e. The molecule has 2 aliphatic rings. The van der Waals surface area contributed by atoms with E-state index >= 15 is 0 Å². The Hall–Kier alpha value is -3.40. The highest BCUT2D eigenvalue weighted by atomic mass is 16.5. The Labute approximate surface area is 163 Å². The van der Waals surface area contributed by atoms with Crippen LogP contribution < -0.4 is 10.1 Å². The molecular weight excluding hydrogens is 352 g/mol. The lowest BCUT2D eigenvalue weighted by Gasteiger charge is -2.21. The van der Waals surface area contributed by atoms with E-state index < -0.39 is 0 Å². The minimum Gasteiger partial charge on any atom is -0.492 e. The predicted molar refractivity (Wildman–Crippen MR) is 104 cm³/mol. The molecule has 5 rings (SSSR count). The van der Waals surface area contributed by atoms with Gasteiger partial charge in [0.15, 0.2) is 0 Å². The fourth-order valence-corrected chi connectivity index (χ4v) is 3.49. The monoisotopic (exact) mass is 372 g/mol. The Morgan fingerprint density at radius 3 is 3.00 bits per heavy atom. The van der Waals surface area contributed by atoms with Gasteiger partial charge in [-0.3, -0.25) is 4.68 Å². The predicted octanol–water partition coefficient (Wildman–Crippen LogP) is 3.80. The van der Waals surface area contributed by atoms with E-state index in [9.17, 15) is 5.26 Å². The SMILES string of the molecule is Cc1cnc(Nc2cnn(C3CC3)c2)nc1-c1ccc2c(c1)CC(C#N)CO2. The summed E-state index contributed by atoms with van der Waals surface area (Å²) in [5, 5.41) is 16.8. The lowest BCUT2D eigenvalue weighted by Crippen LogP contribution is -2.19. The van der Waals surface area contributed by atoms with E-state index in [2.05, 4.69) is 27.5 Å². The maximum atomic E-state index is 9.20. The lowest BCUT2D eigenvalue weighted by atomic mass is 9.95. The molecule has 0 bridgehead atoms. The molecule has 2 aromatic heterocycles. The van der Waals surface area contributed by atoms with Crippen LogP contribution in [0.3, 0.4) is 0 Å². The molecule has 0 amide bonds. The van der Waals surface area contributed by atoms with Crippen molar-refractivity contribution in [3.8, 4) is 23.1 Å². The number of nitrogens with zero attached hydrogens (tertiary/aromatic N) is 5. The quantitative estimate of drug-likeness (QED) is 0.749. The molecule has 28 heavy (non-hydrogen) atoms. The molecule has 140 valence electrons. The molecule has 1 fully saturated rings. The van der Waals surface area contributed by atoms with Gasteiger partial charge in [0.05, 0.1) is 35.6 Å². The topological polar surface area (TPSA) is 88.7 Å². The highest BCUT2D eigenvalue weighted by molar-refractivity contribution is 5.67. The van der Waals surface area contributed by atoms with Crippen molar-refractivity contribution in [2.24, 2.45) is 5.92 Å². The number of hydrogen-bond acceptors (Lipinski definition) is 6. The summed E-state index contributed by atoms with van der Waals surface area (Å²) in [5.41, 5.74) is 4.80. The summed E-state index contributed by atoms with van der Waals surface area (Å²) < 4.78 is 7.69. The van der Waals surface area contributed by atoms with E-state index in [4.69, 9.17) is 9.72 Å². The van der Waals surface area contributed by atoms with Crippen LogP contribution in [0.5, 0.6) is 5.75 Å². The highest BCUT2D eigenvalue weighted by Crippen LogP contribution is 2.35. The zero-order valence-electron chi connectivity index (χ0n) is 15.6.